The fraction of sp³-hybridized carbons (Fsp3) is 0.417. The summed E-state index contributed by atoms with van der Waals surface area (Å²) in [6, 6.07) is 10.9. The maximum absolute atomic E-state index is 11.3. The average Bonchev–Trinajstić information content (AvgIpc) is 2.78. The third-order valence-corrected chi connectivity index (χ3v) is 2.78. The summed E-state index contributed by atoms with van der Waals surface area (Å²) in [6.07, 6.45) is 0.877. The lowest BCUT2D eigenvalue weighted by Gasteiger charge is -2.17. The van der Waals surface area contributed by atoms with Crippen molar-refractivity contribution in [2.45, 2.75) is 6.42 Å². The average molecular weight is 204 g/mol. The molecule has 79 valence electrons. The van der Waals surface area contributed by atoms with Gasteiger partial charge < -0.3 is 9.64 Å². The molecular weight excluding hydrogens is 190 g/mol. The van der Waals surface area contributed by atoms with Gasteiger partial charge in [-0.1, -0.05) is 12.1 Å². The largest absolute Gasteiger partial charge is 0.469 e. The zero-order valence-corrected chi connectivity index (χ0v) is 8.77. The number of rotatable bonds is 2. The minimum Gasteiger partial charge on any atom is -0.469 e. The summed E-state index contributed by atoms with van der Waals surface area (Å²) in [5, 5.41) is 0. The number of hydrogen-bond acceptors (Lipinski definition) is 3. The molecular formula is C12H14NO2. The Balaban J connectivity index is 2.02. The number of methoxy groups -OCH3 is 1. The predicted molar refractivity (Wildman–Crippen MR) is 57.6 cm³/mol. The topological polar surface area (TPSA) is 29.5 Å². The van der Waals surface area contributed by atoms with E-state index in [9.17, 15) is 4.79 Å². The molecule has 1 aliphatic rings. The smallest absolute Gasteiger partial charge is 0.310 e. The van der Waals surface area contributed by atoms with Gasteiger partial charge in [-0.15, -0.1) is 0 Å². The normalized spacial score (nSPS) is 20.3. The Morgan fingerprint density at radius 2 is 2.53 bits per heavy atom. The molecule has 1 atom stereocenters. The molecule has 0 bridgehead atoms. The van der Waals surface area contributed by atoms with E-state index in [-0.39, 0.29) is 11.9 Å². The molecule has 1 fully saturated rings. The van der Waals surface area contributed by atoms with Crippen molar-refractivity contribution in [2.24, 2.45) is 5.92 Å². The van der Waals surface area contributed by atoms with E-state index in [1.807, 2.05) is 24.3 Å². The molecule has 0 N–H and O–H groups in total. The molecule has 1 saturated heterocycles. The number of hydrogen-bond donors (Lipinski definition) is 0. The van der Waals surface area contributed by atoms with Gasteiger partial charge in [0, 0.05) is 18.8 Å². The van der Waals surface area contributed by atoms with Crippen LogP contribution in [0.1, 0.15) is 6.42 Å². The van der Waals surface area contributed by atoms with Crippen molar-refractivity contribution in [1.82, 2.24) is 0 Å². The Morgan fingerprint density at radius 3 is 3.20 bits per heavy atom. The summed E-state index contributed by atoms with van der Waals surface area (Å²) < 4.78 is 4.74. The van der Waals surface area contributed by atoms with Crippen LogP contribution in [0.15, 0.2) is 24.3 Å². The number of nitrogens with zero attached hydrogens (tertiary/aromatic N) is 1. The van der Waals surface area contributed by atoms with Crippen molar-refractivity contribution in [2.75, 3.05) is 25.1 Å². The molecule has 3 nitrogen and oxygen atoms in total. The molecule has 1 radical (unpaired) electrons. The summed E-state index contributed by atoms with van der Waals surface area (Å²) in [6.45, 7) is 1.67. The maximum atomic E-state index is 11.3. The van der Waals surface area contributed by atoms with Crippen molar-refractivity contribution in [1.29, 1.82) is 0 Å². The van der Waals surface area contributed by atoms with Crippen LogP contribution in [0.4, 0.5) is 5.69 Å². The van der Waals surface area contributed by atoms with Crippen LogP contribution in [-0.2, 0) is 9.53 Å². The van der Waals surface area contributed by atoms with Crippen molar-refractivity contribution < 1.29 is 9.53 Å². The Kier molecular flexibility index (Phi) is 2.90. The number of esters is 1. The fourth-order valence-corrected chi connectivity index (χ4v) is 1.93. The third-order valence-electron chi connectivity index (χ3n) is 2.78. The van der Waals surface area contributed by atoms with Gasteiger partial charge in [0.2, 0.25) is 0 Å². The Labute approximate surface area is 89.7 Å². The number of carbonyl (C=O) groups excluding carboxylic acids is 1. The molecule has 3 heteroatoms. The van der Waals surface area contributed by atoms with Gasteiger partial charge in [0.15, 0.2) is 0 Å². The first-order valence-electron chi connectivity index (χ1n) is 5.10. The second-order valence-corrected chi connectivity index (χ2v) is 3.72. The van der Waals surface area contributed by atoms with Crippen LogP contribution in [0.25, 0.3) is 0 Å². The van der Waals surface area contributed by atoms with Gasteiger partial charge in [0.25, 0.3) is 0 Å². The summed E-state index contributed by atoms with van der Waals surface area (Å²) >= 11 is 0. The standard InChI is InChI=1S/C12H14NO2/c1-15-12(14)10-7-8-13(9-10)11-5-3-2-4-6-11/h2-3,5-6,10H,7-9H2,1H3. The van der Waals surface area contributed by atoms with E-state index in [0.29, 0.717) is 0 Å². The lowest BCUT2D eigenvalue weighted by molar-refractivity contribution is -0.144. The quantitative estimate of drug-likeness (QED) is 0.683. The van der Waals surface area contributed by atoms with Crippen molar-refractivity contribution in [3.05, 3.63) is 30.3 Å². The van der Waals surface area contributed by atoms with E-state index in [1.165, 1.54) is 7.11 Å². The van der Waals surface area contributed by atoms with Crippen molar-refractivity contribution in [3.63, 3.8) is 0 Å². The second kappa shape index (κ2) is 4.34. The monoisotopic (exact) mass is 204 g/mol. The highest BCUT2D eigenvalue weighted by molar-refractivity contribution is 5.74. The molecule has 1 heterocycles. The Hall–Kier alpha value is -1.51. The molecule has 0 spiro atoms. The first kappa shape index (κ1) is 10.0. The Morgan fingerprint density at radius 1 is 1.67 bits per heavy atom. The lowest BCUT2D eigenvalue weighted by Crippen LogP contribution is -2.23. The molecule has 15 heavy (non-hydrogen) atoms. The molecule has 1 unspecified atom stereocenters. The van der Waals surface area contributed by atoms with E-state index >= 15 is 0 Å². The second-order valence-electron chi connectivity index (χ2n) is 3.72. The van der Waals surface area contributed by atoms with Crippen LogP contribution in [0.5, 0.6) is 0 Å². The van der Waals surface area contributed by atoms with Crippen molar-refractivity contribution >= 4 is 11.7 Å². The molecule has 0 aliphatic carbocycles. The molecule has 0 saturated carbocycles. The van der Waals surface area contributed by atoms with Crippen LogP contribution < -0.4 is 4.90 Å². The van der Waals surface area contributed by atoms with Crippen LogP contribution in [-0.4, -0.2) is 26.2 Å². The van der Waals surface area contributed by atoms with Gasteiger partial charge in [-0.25, -0.2) is 0 Å². The zero-order chi connectivity index (χ0) is 10.7. The summed E-state index contributed by atoms with van der Waals surface area (Å²) in [4.78, 5) is 13.5. The summed E-state index contributed by atoms with van der Waals surface area (Å²) in [5.41, 5.74) is 1.13. The molecule has 1 aromatic carbocycles. The van der Waals surface area contributed by atoms with Gasteiger partial charge in [-0.05, 0) is 24.6 Å². The molecule has 1 aliphatic heterocycles. The SMILES string of the molecule is COC(=O)C1CCN(c2c[c]ccc2)C1. The van der Waals surface area contributed by atoms with Gasteiger partial charge in [-0.3, -0.25) is 4.79 Å². The van der Waals surface area contributed by atoms with E-state index in [4.69, 9.17) is 4.74 Å². The molecule has 2 rings (SSSR count). The predicted octanol–water partition coefficient (Wildman–Crippen LogP) is 1.49. The van der Waals surface area contributed by atoms with Gasteiger partial charge >= 0.3 is 5.97 Å². The molecule has 0 aromatic heterocycles. The third kappa shape index (κ3) is 2.12. The zero-order valence-electron chi connectivity index (χ0n) is 8.77. The first-order chi connectivity index (χ1) is 7.31. The minimum absolute atomic E-state index is 0.0233. The number of ether oxygens (including phenoxy) is 1. The summed E-state index contributed by atoms with van der Waals surface area (Å²) in [5.74, 6) is -0.0763. The van der Waals surface area contributed by atoms with Crippen LogP contribution >= 0.6 is 0 Å². The summed E-state index contributed by atoms with van der Waals surface area (Å²) in [7, 11) is 1.45. The van der Waals surface area contributed by atoms with Crippen LogP contribution in [0, 0.1) is 12.0 Å². The first-order valence-corrected chi connectivity index (χ1v) is 5.10. The minimum atomic E-state index is -0.0996. The van der Waals surface area contributed by atoms with E-state index < -0.39 is 0 Å². The van der Waals surface area contributed by atoms with Gasteiger partial charge in [0.05, 0.1) is 13.0 Å². The number of benzene rings is 1. The highest BCUT2D eigenvalue weighted by atomic mass is 16.5. The van der Waals surface area contributed by atoms with Crippen LogP contribution in [0.3, 0.4) is 0 Å². The highest BCUT2D eigenvalue weighted by Gasteiger charge is 2.28. The van der Waals surface area contributed by atoms with Gasteiger partial charge in [0.1, 0.15) is 0 Å². The maximum Gasteiger partial charge on any atom is 0.310 e. The Bertz CT molecular complexity index is 337. The molecule has 1 aromatic rings. The van der Waals surface area contributed by atoms with Crippen molar-refractivity contribution in [3.8, 4) is 0 Å². The number of anilines is 1. The van der Waals surface area contributed by atoms with E-state index in [0.717, 1.165) is 25.2 Å². The lowest BCUT2D eigenvalue weighted by atomic mass is 10.1. The number of carbonyl (C=O) groups is 1. The highest BCUT2D eigenvalue weighted by Crippen LogP contribution is 2.23. The van der Waals surface area contributed by atoms with Crippen LogP contribution in [0.2, 0.25) is 0 Å². The van der Waals surface area contributed by atoms with Gasteiger partial charge in [-0.2, -0.15) is 0 Å². The molecule has 0 amide bonds. The van der Waals surface area contributed by atoms with E-state index in [1.54, 1.807) is 0 Å². The fourth-order valence-electron chi connectivity index (χ4n) is 1.93. The van der Waals surface area contributed by atoms with E-state index in [2.05, 4.69) is 11.0 Å².